The number of nitrogens with zero attached hydrogens (tertiary/aromatic N) is 2. The van der Waals surface area contributed by atoms with E-state index >= 15 is 0 Å². The number of benzene rings is 2. The van der Waals surface area contributed by atoms with Gasteiger partial charge in [0.1, 0.15) is 6.04 Å². The van der Waals surface area contributed by atoms with Crippen LogP contribution in [0.3, 0.4) is 0 Å². The molecule has 1 fully saturated rings. The lowest BCUT2D eigenvalue weighted by Gasteiger charge is -2.26. The van der Waals surface area contributed by atoms with E-state index in [0.29, 0.717) is 40.8 Å². The lowest BCUT2D eigenvalue weighted by molar-refractivity contribution is -0.122. The number of rotatable bonds is 2. The normalized spacial score (nSPS) is 19.7. The van der Waals surface area contributed by atoms with Gasteiger partial charge in [0, 0.05) is 16.6 Å². The Bertz CT molecular complexity index is 868. The molecular formula is C19H16Cl2N2O2. The monoisotopic (exact) mass is 374 g/mol. The molecule has 2 aromatic rings. The Balaban J connectivity index is 1.84. The van der Waals surface area contributed by atoms with Crippen LogP contribution in [0.5, 0.6) is 0 Å². The molecule has 128 valence electrons. The Labute approximate surface area is 155 Å². The number of fused-ring (bicyclic) bond motifs is 2. The summed E-state index contributed by atoms with van der Waals surface area (Å²) in [4.78, 5) is 29.5. The summed E-state index contributed by atoms with van der Waals surface area (Å²) in [5.41, 5.74) is 1.90. The van der Waals surface area contributed by atoms with Gasteiger partial charge in [0.25, 0.3) is 5.91 Å². The van der Waals surface area contributed by atoms with Crippen LogP contribution < -0.4 is 4.90 Å². The van der Waals surface area contributed by atoms with Crippen LogP contribution in [0.1, 0.15) is 28.8 Å². The van der Waals surface area contributed by atoms with Crippen LogP contribution in [0.2, 0.25) is 10.0 Å². The number of amides is 2. The number of carbonyl (C=O) groups excluding carboxylic acids is 2. The van der Waals surface area contributed by atoms with Crippen LogP contribution in [0, 0.1) is 0 Å². The van der Waals surface area contributed by atoms with E-state index < -0.39 is 6.04 Å². The van der Waals surface area contributed by atoms with E-state index in [1.807, 2.05) is 18.2 Å². The molecule has 0 aliphatic carbocycles. The largest absolute Gasteiger partial charge is 0.327 e. The highest BCUT2D eigenvalue weighted by Crippen LogP contribution is 2.35. The van der Waals surface area contributed by atoms with Crippen molar-refractivity contribution in [3.8, 4) is 0 Å². The number of halogens is 2. The predicted octanol–water partition coefficient (Wildman–Crippen LogP) is 4.14. The molecule has 0 N–H and O–H groups in total. The first-order chi connectivity index (χ1) is 12.1. The van der Waals surface area contributed by atoms with Crippen LogP contribution >= 0.6 is 23.2 Å². The number of anilines is 1. The molecule has 0 spiro atoms. The number of carbonyl (C=O) groups is 2. The fourth-order valence-corrected chi connectivity index (χ4v) is 3.95. The van der Waals surface area contributed by atoms with Gasteiger partial charge in [-0.1, -0.05) is 41.4 Å². The van der Waals surface area contributed by atoms with Gasteiger partial charge in [-0.15, -0.1) is 0 Å². The minimum atomic E-state index is -0.416. The molecule has 4 rings (SSSR count). The first-order valence-electron chi connectivity index (χ1n) is 8.21. The van der Waals surface area contributed by atoms with E-state index in [1.165, 1.54) is 0 Å². The maximum atomic E-state index is 13.2. The molecule has 2 heterocycles. The van der Waals surface area contributed by atoms with Crippen LogP contribution in [0.25, 0.3) is 0 Å². The summed E-state index contributed by atoms with van der Waals surface area (Å²) < 4.78 is 0. The van der Waals surface area contributed by atoms with Gasteiger partial charge in [0.15, 0.2) is 0 Å². The number of hydrogen-bond acceptors (Lipinski definition) is 2. The van der Waals surface area contributed by atoms with E-state index in [4.69, 9.17) is 23.2 Å². The Kier molecular flexibility index (Phi) is 4.18. The SMILES string of the molecule is O=C1[C@@H]2CCCN2C(=O)c2ccc(Cl)cc2N1Cc1ccccc1Cl. The Hall–Kier alpha value is -2.04. The molecule has 0 bridgehead atoms. The summed E-state index contributed by atoms with van der Waals surface area (Å²) >= 11 is 12.4. The molecule has 0 aromatic heterocycles. The molecule has 2 aromatic carbocycles. The Morgan fingerprint density at radius 3 is 2.68 bits per heavy atom. The summed E-state index contributed by atoms with van der Waals surface area (Å²) in [7, 11) is 0. The quantitative estimate of drug-likeness (QED) is 0.792. The van der Waals surface area contributed by atoms with Crippen molar-refractivity contribution in [2.45, 2.75) is 25.4 Å². The zero-order chi connectivity index (χ0) is 17.6. The summed E-state index contributed by atoms with van der Waals surface area (Å²) in [5, 5.41) is 1.09. The Morgan fingerprint density at radius 1 is 1.08 bits per heavy atom. The van der Waals surface area contributed by atoms with Crippen molar-refractivity contribution >= 4 is 40.7 Å². The Morgan fingerprint density at radius 2 is 1.88 bits per heavy atom. The fraction of sp³-hybridized carbons (Fsp3) is 0.263. The van der Waals surface area contributed by atoms with E-state index in [1.54, 1.807) is 34.1 Å². The maximum absolute atomic E-state index is 13.2. The lowest BCUT2D eigenvalue weighted by Crippen LogP contribution is -2.44. The standard InChI is InChI=1S/C19H16Cl2N2O2/c20-13-7-8-14-17(10-13)23(11-12-4-1-2-5-15(12)21)19(25)16-6-3-9-22(16)18(14)24/h1-2,4-5,7-8,10,16H,3,6,9,11H2/t16-/m0/s1. The number of hydrogen-bond donors (Lipinski definition) is 0. The van der Waals surface area contributed by atoms with E-state index in [2.05, 4.69) is 0 Å². The summed E-state index contributed by atoms with van der Waals surface area (Å²) in [6, 6.07) is 12.1. The first kappa shape index (κ1) is 16.4. The van der Waals surface area contributed by atoms with Crippen molar-refractivity contribution in [2.75, 3.05) is 11.4 Å². The van der Waals surface area contributed by atoms with Crippen molar-refractivity contribution in [2.24, 2.45) is 0 Å². The average molecular weight is 375 g/mol. The molecule has 6 heteroatoms. The molecule has 0 saturated carbocycles. The second-order valence-electron chi connectivity index (χ2n) is 6.33. The van der Waals surface area contributed by atoms with Crippen molar-refractivity contribution in [1.29, 1.82) is 0 Å². The van der Waals surface area contributed by atoms with Crippen molar-refractivity contribution in [1.82, 2.24) is 4.90 Å². The van der Waals surface area contributed by atoms with Crippen molar-refractivity contribution in [3.05, 3.63) is 63.6 Å². The van der Waals surface area contributed by atoms with E-state index in [9.17, 15) is 9.59 Å². The van der Waals surface area contributed by atoms with Crippen LogP contribution in [-0.4, -0.2) is 29.3 Å². The predicted molar refractivity (Wildman–Crippen MR) is 98.2 cm³/mol. The van der Waals surface area contributed by atoms with Gasteiger partial charge in [0.05, 0.1) is 17.8 Å². The molecule has 1 saturated heterocycles. The van der Waals surface area contributed by atoms with Gasteiger partial charge < -0.3 is 9.80 Å². The van der Waals surface area contributed by atoms with Crippen LogP contribution in [0.15, 0.2) is 42.5 Å². The zero-order valence-electron chi connectivity index (χ0n) is 13.4. The van der Waals surface area contributed by atoms with Gasteiger partial charge in [0.2, 0.25) is 5.91 Å². The molecule has 0 unspecified atom stereocenters. The third kappa shape index (κ3) is 2.79. The van der Waals surface area contributed by atoms with Crippen molar-refractivity contribution in [3.63, 3.8) is 0 Å². The summed E-state index contributed by atoms with van der Waals surface area (Å²) in [6.45, 7) is 0.917. The second kappa shape index (κ2) is 6.36. The molecular weight excluding hydrogens is 359 g/mol. The highest BCUT2D eigenvalue weighted by Gasteiger charge is 2.42. The van der Waals surface area contributed by atoms with E-state index in [-0.39, 0.29) is 11.8 Å². The zero-order valence-corrected chi connectivity index (χ0v) is 14.9. The maximum Gasteiger partial charge on any atom is 0.256 e. The third-order valence-corrected chi connectivity index (χ3v) is 5.44. The van der Waals surface area contributed by atoms with E-state index in [0.717, 1.165) is 12.0 Å². The van der Waals surface area contributed by atoms with Crippen LogP contribution in [-0.2, 0) is 11.3 Å². The lowest BCUT2D eigenvalue weighted by atomic mass is 10.1. The van der Waals surface area contributed by atoms with Gasteiger partial charge >= 0.3 is 0 Å². The van der Waals surface area contributed by atoms with Gasteiger partial charge in [-0.3, -0.25) is 9.59 Å². The highest BCUT2D eigenvalue weighted by atomic mass is 35.5. The fourth-order valence-electron chi connectivity index (χ4n) is 3.59. The highest BCUT2D eigenvalue weighted by molar-refractivity contribution is 6.32. The molecule has 2 aliphatic rings. The second-order valence-corrected chi connectivity index (χ2v) is 7.18. The third-order valence-electron chi connectivity index (χ3n) is 4.83. The topological polar surface area (TPSA) is 40.6 Å². The summed E-state index contributed by atoms with van der Waals surface area (Å²) in [6.07, 6.45) is 1.52. The first-order valence-corrected chi connectivity index (χ1v) is 8.97. The minimum absolute atomic E-state index is 0.0770. The summed E-state index contributed by atoms with van der Waals surface area (Å²) in [5.74, 6) is -0.184. The molecule has 25 heavy (non-hydrogen) atoms. The molecule has 4 nitrogen and oxygen atoms in total. The smallest absolute Gasteiger partial charge is 0.256 e. The molecule has 1 atom stereocenters. The average Bonchev–Trinajstić information content (AvgIpc) is 3.07. The molecule has 2 amide bonds. The van der Waals surface area contributed by atoms with Gasteiger partial charge in [-0.25, -0.2) is 0 Å². The van der Waals surface area contributed by atoms with Crippen molar-refractivity contribution < 1.29 is 9.59 Å². The minimum Gasteiger partial charge on any atom is -0.327 e. The van der Waals surface area contributed by atoms with Gasteiger partial charge in [-0.2, -0.15) is 0 Å². The van der Waals surface area contributed by atoms with Crippen LogP contribution in [0.4, 0.5) is 5.69 Å². The molecule has 2 aliphatic heterocycles. The van der Waals surface area contributed by atoms with Gasteiger partial charge in [-0.05, 0) is 42.7 Å². The molecule has 0 radical (unpaired) electrons.